The average molecular weight is 494 g/mol. The fourth-order valence-electron chi connectivity index (χ4n) is 5.47. The summed E-state index contributed by atoms with van der Waals surface area (Å²) in [4.78, 5) is 40.5. The van der Waals surface area contributed by atoms with Gasteiger partial charge < -0.3 is 15.5 Å². The highest BCUT2D eigenvalue weighted by Crippen LogP contribution is 2.36. The van der Waals surface area contributed by atoms with Gasteiger partial charge in [-0.1, -0.05) is 6.08 Å². The van der Waals surface area contributed by atoms with Crippen LogP contribution in [0, 0.1) is 10.1 Å². The summed E-state index contributed by atoms with van der Waals surface area (Å²) in [5.74, 6) is -1.09. The molecule has 2 N–H and O–H groups in total. The summed E-state index contributed by atoms with van der Waals surface area (Å²) in [6, 6.07) is 7.14. The van der Waals surface area contributed by atoms with Gasteiger partial charge in [0.1, 0.15) is 17.4 Å². The Morgan fingerprint density at radius 3 is 2.58 bits per heavy atom. The van der Waals surface area contributed by atoms with Crippen molar-refractivity contribution in [2.75, 3.05) is 38.1 Å². The topological polar surface area (TPSA) is 108 Å². The first kappa shape index (κ1) is 23.9. The maximum atomic E-state index is 13.9. The van der Waals surface area contributed by atoms with Crippen molar-refractivity contribution in [3.05, 3.63) is 86.5 Å². The van der Waals surface area contributed by atoms with E-state index in [0.29, 0.717) is 11.1 Å². The van der Waals surface area contributed by atoms with Gasteiger partial charge in [0.2, 0.25) is 0 Å². The van der Waals surface area contributed by atoms with E-state index in [1.807, 2.05) is 24.3 Å². The molecule has 2 aliphatic heterocycles. The number of rotatable bonds is 5. The molecule has 2 aliphatic carbocycles. The van der Waals surface area contributed by atoms with Crippen LogP contribution in [0.3, 0.4) is 0 Å². The minimum atomic E-state index is -0.681. The first-order chi connectivity index (χ1) is 17.4. The number of hydrogen-bond acceptors (Lipinski definition) is 7. The number of ketones is 1. The number of anilines is 1. The minimum absolute atomic E-state index is 0.0190. The van der Waals surface area contributed by atoms with E-state index >= 15 is 0 Å². The summed E-state index contributed by atoms with van der Waals surface area (Å²) < 4.78 is 13.9. The van der Waals surface area contributed by atoms with Crippen LogP contribution in [0.4, 0.5) is 10.1 Å². The van der Waals surface area contributed by atoms with E-state index in [-0.39, 0.29) is 29.7 Å². The summed E-state index contributed by atoms with van der Waals surface area (Å²) in [5.41, 5.74) is 2.53. The van der Waals surface area contributed by atoms with Crippen molar-refractivity contribution in [1.82, 2.24) is 15.5 Å². The maximum Gasteiger partial charge on any atom is 0.283 e. The lowest BCUT2D eigenvalue weighted by molar-refractivity contribution is -0.420. The Labute approximate surface area is 208 Å². The quantitative estimate of drug-likeness (QED) is 0.369. The summed E-state index contributed by atoms with van der Waals surface area (Å²) >= 11 is 0. The third-order valence-electron chi connectivity index (χ3n) is 7.37. The van der Waals surface area contributed by atoms with E-state index < -0.39 is 22.5 Å². The Morgan fingerprint density at radius 1 is 1.19 bits per heavy atom. The lowest BCUT2D eigenvalue weighted by Gasteiger charge is -2.38. The molecule has 0 radical (unpaired) electrons. The molecule has 1 aromatic carbocycles. The number of hydrogen-bond donors (Lipinski definition) is 2. The van der Waals surface area contributed by atoms with Crippen LogP contribution in [-0.2, 0) is 4.79 Å². The van der Waals surface area contributed by atoms with Crippen molar-refractivity contribution in [2.45, 2.75) is 31.3 Å². The lowest BCUT2D eigenvalue weighted by Crippen LogP contribution is -2.49. The van der Waals surface area contributed by atoms with E-state index in [1.165, 1.54) is 0 Å². The van der Waals surface area contributed by atoms with Gasteiger partial charge in [0.25, 0.3) is 11.6 Å². The molecule has 2 heterocycles. The second kappa shape index (κ2) is 9.69. The highest BCUT2D eigenvalue weighted by molar-refractivity contribution is 6.07. The van der Waals surface area contributed by atoms with Crippen LogP contribution in [0.25, 0.3) is 0 Å². The molecule has 4 aliphatic rings. The summed E-state index contributed by atoms with van der Waals surface area (Å²) in [6.45, 7) is 3.43. The van der Waals surface area contributed by atoms with E-state index in [4.69, 9.17) is 0 Å². The zero-order chi connectivity index (χ0) is 25.4. The summed E-state index contributed by atoms with van der Waals surface area (Å²) in [6.07, 6.45) is 6.04. The van der Waals surface area contributed by atoms with Crippen LogP contribution in [0.1, 0.15) is 29.6 Å². The normalized spacial score (nSPS) is 24.4. The maximum absolute atomic E-state index is 13.9. The molecule has 188 valence electrons. The second-order valence-electron chi connectivity index (χ2n) is 9.42. The third-order valence-corrected chi connectivity index (χ3v) is 7.37. The molecule has 10 heteroatoms. The van der Waals surface area contributed by atoms with E-state index in [9.17, 15) is 24.1 Å². The molecule has 1 amide bonds. The number of halogens is 1. The number of carbonyl (C=O) groups excluding carboxylic acids is 2. The van der Waals surface area contributed by atoms with Crippen molar-refractivity contribution in [3.8, 4) is 0 Å². The van der Waals surface area contributed by atoms with Gasteiger partial charge in [0.15, 0.2) is 5.78 Å². The number of nitrogens with zero attached hydrogens (tertiary/aromatic N) is 3. The molecule has 0 spiro atoms. The molecule has 0 bridgehead atoms. The van der Waals surface area contributed by atoms with Crippen LogP contribution in [0.2, 0.25) is 0 Å². The SMILES string of the molecule is CNC(=O)c1ccc(N2CCN(C3C=C(C4NC=C5CC(F)=CC([N+](=O)[O-])=C5C4=O)CC3)CC2)cc1. The number of nitrogens with one attached hydrogen (secondary N) is 2. The third kappa shape index (κ3) is 4.44. The standard InChI is InChI=1S/C26H28FN5O4/c1-28-26(34)16-2-5-20(6-3-16)30-8-10-31(11-9-30)21-7-4-17(13-21)24-25(33)23-18(15-29-24)12-19(27)14-22(23)32(35)36/h2-3,5-6,13-15,21,24,29H,4,7-12H2,1H3,(H,28,34). The van der Waals surface area contributed by atoms with Gasteiger partial charge in [-0.2, -0.15) is 0 Å². The largest absolute Gasteiger partial charge is 0.377 e. The Morgan fingerprint density at radius 2 is 1.92 bits per heavy atom. The Bertz CT molecular complexity index is 1230. The predicted octanol–water partition coefficient (Wildman–Crippen LogP) is 2.47. The van der Waals surface area contributed by atoms with Crippen molar-refractivity contribution in [2.24, 2.45) is 0 Å². The number of carbonyl (C=O) groups is 2. The van der Waals surface area contributed by atoms with Crippen molar-refractivity contribution in [3.63, 3.8) is 0 Å². The lowest BCUT2D eigenvalue weighted by atomic mass is 9.84. The number of nitro groups is 1. The zero-order valence-corrected chi connectivity index (χ0v) is 20.0. The van der Waals surface area contributed by atoms with Gasteiger partial charge in [-0.3, -0.25) is 24.6 Å². The Balaban J connectivity index is 1.24. The van der Waals surface area contributed by atoms with Gasteiger partial charge in [-0.25, -0.2) is 4.39 Å². The number of amides is 1. The number of Topliss-reactive ketones (excluding diaryl/α,β-unsaturated/α-hetero) is 1. The smallest absolute Gasteiger partial charge is 0.283 e. The molecule has 2 atom stereocenters. The highest BCUT2D eigenvalue weighted by Gasteiger charge is 2.40. The first-order valence-corrected chi connectivity index (χ1v) is 12.1. The minimum Gasteiger partial charge on any atom is -0.377 e. The number of benzene rings is 1. The average Bonchev–Trinajstić information content (AvgIpc) is 3.38. The van der Waals surface area contributed by atoms with Gasteiger partial charge in [0.05, 0.1) is 4.92 Å². The van der Waals surface area contributed by atoms with Crippen LogP contribution in [0.5, 0.6) is 0 Å². The van der Waals surface area contributed by atoms with E-state index in [2.05, 4.69) is 26.5 Å². The molecule has 1 aromatic rings. The number of piperazine rings is 1. The van der Waals surface area contributed by atoms with Crippen molar-refractivity contribution < 1.29 is 18.9 Å². The number of allylic oxidation sites excluding steroid dienone is 3. The van der Waals surface area contributed by atoms with Crippen LogP contribution >= 0.6 is 0 Å². The van der Waals surface area contributed by atoms with Crippen molar-refractivity contribution in [1.29, 1.82) is 0 Å². The Kier molecular flexibility index (Phi) is 6.44. The van der Waals surface area contributed by atoms with Crippen molar-refractivity contribution >= 4 is 17.4 Å². The second-order valence-corrected chi connectivity index (χ2v) is 9.42. The molecule has 36 heavy (non-hydrogen) atoms. The summed E-state index contributed by atoms with van der Waals surface area (Å²) in [7, 11) is 1.61. The molecule has 2 unspecified atom stereocenters. The summed E-state index contributed by atoms with van der Waals surface area (Å²) in [5, 5.41) is 17.2. The van der Waals surface area contributed by atoms with Gasteiger partial charge >= 0.3 is 0 Å². The van der Waals surface area contributed by atoms with Crippen LogP contribution in [0.15, 0.2) is 70.9 Å². The molecule has 1 saturated heterocycles. The highest BCUT2D eigenvalue weighted by atomic mass is 19.1. The molecule has 0 saturated carbocycles. The molecule has 0 aromatic heterocycles. The monoisotopic (exact) mass is 493 g/mol. The van der Waals surface area contributed by atoms with E-state index in [1.54, 1.807) is 13.2 Å². The van der Waals surface area contributed by atoms with Crippen LogP contribution < -0.4 is 15.5 Å². The molecule has 9 nitrogen and oxygen atoms in total. The number of fused-ring (bicyclic) bond motifs is 1. The van der Waals surface area contributed by atoms with Crippen LogP contribution in [-0.4, -0.2) is 66.8 Å². The predicted molar refractivity (Wildman–Crippen MR) is 133 cm³/mol. The zero-order valence-electron chi connectivity index (χ0n) is 20.0. The van der Waals surface area contributed by atoms with Gasteiger partial charge in [-0.15, -0.1) is 0 Å². The fraction of sp³-hybridized carbons (Fsp3) is 0.385. The first-order valence-electron chi connectivity index (χ1n) is 12.1. The Hall–Kier alpha value is -3.79. The molecule has 5 rings (SSSR count). The van der Waals surface area contributed by atoms with Gasteiger partial charge in [0, 0.05) is 69.2 Å². The molecule has 1 fully saturated rings. The van der Waals surface area contributed by atoms with E-state index in [0.717, 1.165) is 56.4 Å². The fourth-order valence-corrected chi connectivity index (χ4v) is 5.47. The van der Waals surface area contributed by atoms with Gasteiger partial charge in [-0.05, 0) is 48.3 Å². The molecular formula is C26H28FN5O4. The molecular weight excluding hydrogens is 465 g/mol.